The number of ether oxygens (including phenoxy) is 3. The summed E-state index contributed by atoms with van der Waals surface area (Å²) in [6.45, 7) is 14.8. The van der Waals surface area contributed by atoms with Crippen LogP contribution in [0.2, 0.25) is 18.1 Å². The number of thiocarbonyl (C=S) groups is 1. The third-order valence-electron chi connectivity index (χ3n) is 5.26. The molecule has 2 heterocycles. The molecule has 0 aromatic carbocycles. The summed E-state index contributed by atoms with van der Waals surface area (Å²) in [6.07, 6.45) is 4.88. The Labute approximate surface area is 179 Å². The van der Waals surface area contributed by atoms with Gasteiger partial charge in [-0.15, -0.1) is 0 Å². The minimum absolute atomic E-state index is 0.0471. The minimum Gasteiger partial charge on any atom is -0.472 e. The van der Waals surface area contributed by atoms with Gasteiger partial charge in [0.2, 0.25) is 5.05 Å². The van der Waals surface area contributed by atoms with Gasteiger partial charge in [0.1, 0.15) is 12.2 Å². The van der Waals surface area contributed by atoms with Gasteiger partial charge in [0, 0.05) is 18.5 Å². The fourth-order valence-corrected chi connectivity index (χ4v) is 3.91. The topological polar surface area (TPSA) is 89.4 Å². The monoisotopic (exact) mass is 437 g/mol. The van der Waals surface area contributed by atoms with Gasteiger partial charge in [0.05, 0.1) is 12.7 Å². The number of nitrogens with one attached hydrogen (secondary N) is 1. The zero-order valence-electron chi connectivity index (χ0n) is 18.2. The number of H-pyrrole nitrogens is 1. The van der Waals surface area contributed by atoms with E-state index in [9.17, 15) is 0 Å². The van der Waals surface area contributed by atoms with Crippen LogP contribution >= 0.6 is 12.2 Å². The lowest BCUT2D eigenvalue weighted by atomic mass is 10.1. The van der Waals surface area contributed by atoms with Gasteiger partial charge in [0.15, 0.2) is 26.0 Å². The summed E-state index contributed by atoms with van der Waals surface area (Å²) in [4.78, 5) is 7.11. The van der Waals surface area contributed by atoms with Crippen LogP contribution in [0.1, 0.15) is 40.4 Å². The molecule has 1 aromatic rings. The van der Waals surface area contributed by atoms with Gasteiger partial charge in [-0.3, -0.25) is 0 Å². The van der Waals surface area contributed by atoms with E-state index >= 15 is 0 Å². The van der Waals surface area contributed by atoms with Gasteiger partial charge in [0.25, 0.3) is 0 Å². The molecule has 1 fully saturated rings. The molecule has 1 aromatic heterocycles. The van der Waals surface area contributed by atoms with Crippen molar-refractivity contribution in [2.75, 3.05) is 6.61 Å². The molecule has 1 saturated heterocycles. The second kappa shape index (κ2) is 9.06. The molecule has 0 bridgehead atoms. The first-order valence-electron chi connectivity index (χ1n) is 9.62. The van der Waals surface area contributed by atoms with E-state index in [1.165, 1.54) is 6.08 Å². The van der Waals surface area contributed by atoms with Crippen molar-refractivity contribution in [1.82, 2.24) is 9.97 Å². The summed E-state index contributed by atoms with van der Waals surface area (Å²) in [5, 5.41) is 9.21. The molecule has 9 heteroatoms. The molecule has 1 aliphatic heterocycles. The van der Waals surface area contributed by atoms with Crippen molar-refractivity contribution in [3.05, 3.63) is 30.4 Å². The standard InChI is InChI=1S/C20H31N3O4SSi/c1-19(2,3)29(6,7)24-13-15(25-18(28)17-22-11-12-23-17)16-14(9-8-10-21)26-20(4,5)27-16/h8-9,11-12,14-16H,13H2,1-7H3,(H,22,23)/b9-8+/t14-,15+,16-/m0/s1. The molecule has 29 heavy (non-hydrogen) atoms. The van der Waals surface area contributed by atoms with Gasteiger partial charge in [-0.05, 0) is 50.3 Å². The van der Waals surface area contributed by atoms with E-state index in [2.05, 4.69) is 43.8 Å². The SMILES string of the molecule is CC1(C)O[C@H]([C@@H](CO[Si](C)(C)C(C)(C)C)OC(=S)c2ncc[nH]2)[C@H](/C=C/C#N)O1. The maximum atomic E-state index is 8.93. The lowest BCUT2D eigenvalue weighted by molar-refractivity contribution is -0.154. The number of nitrogens with zero attached hydrogens (tertiary/aromatic N) is 2. The largest absolute Gasteiger partial charge is 0.472 e. The van der Waals surface area contributed by atoms with Crippen molar-refractivity contribution in [1.29, 1.82) is 5.26 Å². The Morgan fingerprint density at radius 1 is 1.45 bits per heavy atom. The Balaban J connectivity index is 2.26. The predicted octanol–water partition coefficient (Wildman–Crippen LogP) is 4.09. The minimum atomic E-state index is -2.03. The summed E-state index contributed by atoms with van der Waals surface area (Å²) in [5.74, 6) is -0.348. The quantitative estimate of drug-likeness (QED) is 0.390. The Hall–Kier alpha value is -1.57. The third-order valence-corrected chi connectivity index (χ3v) is 10.0. The van der Waals surface area contributed by atoms with Crippen molar-refractivity contribution in [3.63, 3.8) is 0 Å². The van der Waals surface area contributed by atoms with Crippen LogP contribution in [0.3, 0.4) is 0 Å². The first-order chi connectivity index (χ1) is 13.4. The number of imidazole rings is 1. The highest BCUT2D eigenvalue weighted by atomic mass is 32.1. The summed E-state index contributed by atoms with van der Waals surface area (Å²) in [6, 6.07) is 2.00. The van der Waals surface area contributed by atoms with Crippen LogP contribution in [0.5, 0.6) is 0 Å². The molecule has 1 N–H and O–H groups in total. The normalized spacial score (nSPS) is 23.1. The molecule has 0 unspecified atom stereocenters. The van der Waals surface area contributed by atoms with Crippen molar-refractivity contribution < 1.29 is 18.6 Å². The molecule has 0 aliphatic carbocycles. The van der Waals surface area contributed by atoms with Crippen LogP contribution in [0, 0.1) is 11.3 Å². The highest BCUT2D eigenvalue weighted by molar-refractivity contribution is 7.80. The van der Waals surface area contributed by atoms with Crippen LogP contribution in [0.25, 0.3) is 0 Å². The summed E-state index contributed by atoms with van der Waals surface area (Å²) in [7, 11) is -2.03. The first kappa shape index (κ1) is 23.7. The first-order valence-corrected chi connectivity index (χ1v) is 12.9. The smallest absolute Gasteiger partial charge is 0.228 e. The maximum absolute atomic E-state index is 8.93. The highest BCUT2D eigenvalue weighted by Gasteiger charge is 2.47. The molecule has 0 radical (unpaired) electrons. The molecular formula is C20H31N3O4SSi. The summed E-state index contributed by atoms with van der Waals surface area (Å²) in [5.41, 5.74) is 0. The van der Waals surface area contributed by atoms with Crippen LogP contribution in [0.4, 0.5) is 0 Å². The van der Waals surface area contributed by atoms with Crippen LogP contribution in [-0.2, 0) is 18.6 Å². The van der Waals surface area contributed by atoms with Gasteiger partial charge >= 0.3 is 0 Å². The van der Waals surface area contributed by atoms with Crippen LogP contribution < -0.4 is 0 Å². The number of allylic oxidation sites excluding steroid dienone is 1. The average molecular weight is 438 g/mol. The van der Waals surface area contributed by atoms with Crippen molar-refractivity contribution >= 4 is 25.6 Å². The Kier molecular flexibility index (Phi) is 7.41. The van der Waals surface area contributed by atoms with Crippen LogP contribution in [-0.4, -0.2) is 54.0 Å². The van der Waals surface area contributed by atoms with E-state index in [0.29, 0.717) is 12.4 Å². The van der Waals surface area contributed by atoms with Crippen molar-refractivity contribution in [2.45, 2.75) is 76.8 Å². The van der Waals surface area contributed by atoms with Gasteiger partial charge in [-0.25, -0.2) is 4.98 Å². The van der Waals surface area contributed by atoms with Crippen molar-refractivity contribution in [2.24, 2.45) is 0 Å². The molecule has 160 valence electrons. The Bertz CT molecular complexity index is 766. The molecule has 3 atom stereocenters. The summed E-state index contributed by atoms with van der Waals surface area (Å²) >= 11 is 5.42. The summed E-state index contributed by atoms with van der Waals surface area (Å²) < 4.78 is 24.6. The zero-order valence-corrected chi connectivity index (χ0v) is 20.0. The Morgan fingerprint density at radius 3 is 2.69 bits per heavy atom. The van der Waals surface area contributed by atoms with E-state index in [4.69, 9.17) is 36.1 Å². The van der Waals surface area contributed by atoms with E-state index < -0.39 is 32.4 Å². The number of aromatic nitrogens is 2. The predicted molar refractivity (Wildman–Crippen MR) is 117 cm³/mol. The number of hydrogen-bond acceptors (Lipinski definition) is 7. The number of hydrogen-bond donors (Lipinski definition) is 1. The molecular weight excluding hydrogens is 406 g/mol. The van der Waals surface area contributed by atoms with E-state index in [1.54, 1.807) is 18.5 Å². The number of nitriles is 1. The highest BCUT2D eigenvalue weighted by Crippen LogP contribution is 2.38. The van der Waals surface area contributed by atoms with E-state index in [0.717, 1.165) is 0 Å². The van der Waals surface area contributed by atoms with E-state index in [-0.39, 0.29) is 10.1 Å². The number of aromatic amines is 1. The average Bonchev–Trinajstić information content (AvgIpc) is 3.23. The maximum Gasteiger partial charge on any atom is 0.228 e. The molecule has 0 saturated carbocycles. The second-order valence-corrected chi connectivity index (χ2v) is 14.2. The van der Waals surface area contributed by atoms with Gasteiger partial charge < -0.3 is 23.6 Å². The van der Waals surface area contributed by atoms with Gasteiger partial charge in [-0.1, -0.05) is 20.8 Å². The molecule has 0 amide bonds. The molecule has 2 rings (SSSR count). The molecule has 7 nitrogen and oxygen atoms in total. The lowest BCUT2D eigenvalue weighted by Gasteiger charge is -2.38. The Morgan fingerprint density at radius 2 is 2.14 bits per heavy atom. The molecule has 1 aliphatic rings. The zero-order chi connectivity index (χ0) is 21.9. The van der Waals surface area contributed by atoms with Crippen molar-refractivity contribution in [3.8, 4) is 6.07 Å². The molecule has 0 spiro atoms. The fraction of sp³-hybridized carbons (Fsp3) is 0.650. The lowest BCUT2D eigenvalue weighted by Crippen LogP contribution is -2.47. The van der Waals surface area contributed by atoms with E-state index in [1.807, 2.05) is 19.9 Å². The number of rotatable bonds is 7. The third kappa shape index (κ3) is 6.20. The van der Waals surface area contributed by atoms with Crippen LogP contribution in [0.15, 0.2) is 24.5 Å². The fourth-order valence-electron chi connectivity index (χ4n) is 2.66. The second-order valence-electron chi connectivity index (χ2n) is 9.01. The van der Waals surface area contributed by atoms with Gasteiger partial charge in [-0.2, -0.15) is 5.26 Å².